The molecule has 2 aromatic rings. The molecule has 0 unspecified atom stereocenters. The normalized spacial score (nSPS) is 11.5. The van der Waals surface area contributed by atoms with Gasteiger partial charge in [-0.15, -0.1) is 0 Å². The first-order valence-electron chi connectivity index (χ1n) is 6.32. The van der Waals surface area contributed by atoms with Gasteiger partial charge in [0, 0.05) is 26.7 Å². The fraction of sp³-hybridized carbons (Fsp3) is 0.583. The molecule has 0 aliphatic rings. The van der Waals surface area contributed by atoms with Crippen LogP contribution in [-0.2, 0) is 14.1 Å². The van der Waals surface area contributed by atoms with Gasteiger partial charge in [0.05, 0.1) is 0 Å². The van der Waals surface area contributed by atoms with Crippen molar-refractivity contribution < 1.29 is 0 Å². The number of hydrogen-bond donors (Lipinski definition) is 1. The van der Waals surface area contributed by atoms with Crippen LogP contribution in [0.2, 0.25) is 0 Å². The quantitative estimate of drug-likeness (QED) is 0.874. The molecule has 2 rings (SSSR count). The molecule has 0 spiro atoms. The monoisotopic (exact) mass is 265 g/mol. The molecule has 1 N–H and O–H groups in total. The number of rotatable bonds is 3. The smallest absolute Gasteiger partial charge is 0.332 e. The van der Waals surface area contributed by atoms with E-state index in [0.29, 0.717) is 23.7 Å². The van der Waals surface area contributed by atoms with Crippen LogP contribution in [0.3, 0.4) is 0 Å². The highest BCUT2D eigenvalue weighted by molar-refractivity contribution is 5.74. The topological polar surface area (TPSA) is 73.8 Å². The van der Waals surface area contributed by atoms with Crippen molar-refractivity contribution in [3.8, 4) is 0 Å². The minimum atomic E-state index is -0.339. The third kappa shape index (κ3) is 1.85. The van der Waals surface area contributed by atoms with E-state index in [0.717, 1.165) is 4.57 Å². The van der Waals surface area contributed by atoms with Crippen LogP contribution in [0.1, 0.15) is 26.8 Å². The minimum Gasteiger partial charge on any atom is -0.356 e. The van der Waals surface area contributed by atoms with Gasteiger partial charge >= 0.3 is 5.69 Å². The number of aryl methyl sites for hydroxylation is 1. The molecule has 0 bridgehead atoms. The van der Waals surface area contributed by atoms with E-state index in [1.54, 1.807) is 11.6 Å². The standard InChI is InChI=1S/C12H19N5O2/c1-6-13-11-14-9-8(15(11)4)10(18)16(5)12(19)17(9)7(2)3/h7H,6H2,1-5H3,(H,13,14). The lowest BCUT2D eigenvalue weighted by Gasteiger charge is -2.11. The minimum absolute atomic E-state index is 0.0637. The molecule has 0 saturated heterocycles. The third-order valence-electron chi connectivity index (χ3n) is 3.16. The number of nitrogens with zero attached hydrogens (tertiary/aromatic N) is 4. The van der Waals surface area contributed by atoms with Crippen molar-refractivity contribution in [3.63, 3.8) is 0 Å². The molecule has 104 valence electrons. The molecular formula is C12H19N5O2. The molecule has 19 heavy (non-hydrogen) atoms. The maximum Gasteiger partial charge on any atom is 0.332 e. The first kappa shape index (κ1) is 13.4. The predicted octanol–water partition coefficient (Wildman–Crippen LogP) is 0.446. The first-order valence-corrected chi connectivity index (χ1v) is 6.32. The van der Waals surface area contributed by atoms with Gasteiger partial charge in [0.25, 0.3) is 5.56 Å². The van der Waals surface area contributed by atoms with Crippen LogP contribution in [0, 0.1) is 0 Å². The van der Waals surface area contributed by atoms with Gasteiger partial charge in [0.2, 0.25) is 5.95 Å². The van der Waals surface area contributed by atoms with Crippen LogP contribution in [0.15, 0.2) is 9.59 Å². The molecule has 0 aliphatic carbocycles. The van der Waals surface area contributed by atoms with Gasteiger partial charge in [-0.05, 0) is 20.8 Å². The number of fused-ring (bicyclic) bond motifs is 1. The predicted molar refractivity (Wildman–Crippen MR) is 74.8 cm³/mol. The lowest BCUT2D eigenvalue weighted by atomic mass is 10.3. The zero-order valence-corrected chi connectivity index (χ0v) is 11.9. The molecule has 0 amide bonds. The molecule has 0 aliphatic heterocycles. The van der Waals surface area contributed by atoms with Crippen molar-refractivity contribution in [2.75, 3.05) is 11.9 Å². The third-order valence-corrected chi connectivity index (χ3v) is 3.16. The van der Waals surface area contributed by atoms with Crippen molar-refractivity contribution in [3.05, 3.63) is 20.8 Å². The number of hydrogen-bond acceptors (Lipinski definition) is 4. The second-order valence-electron chi connectivity index (χ2n) is 4.81. The summed E-state index contributed by atoms with van der Waals surface area (Å²) in [5.41, 5.74) is 0.206. The van der Waals surface area contributed by atoms with Crippen molar-refractivity contribution in [2.45, 2.75) is 26.8 Å². The summed E-state index contributed by atoms with van der Waals surface area (Å²) in [5, 5.41) is 3.09. The van der Waals surface area contributed by atoms with Crippen LogP contribution < -0.4 is 16.6 Å². The highest BCUT2D eigenvalue weighted by Crippen LogP contribution is 2.16. The van der Waals surface area contributed by atoms with Gasteiger partial charge in [-0.25, -0.2) is 4.79 Å². The summed E-state index contributed by atoms with van der Waals surface area (Å²) in [4.78, 5) is 28.8. The Morgan fingerprint density at radius 1 is 1.21 bits per heavy atom. The fourth-order valence-electron chi connectivity index (χ4n) is 2.17. The lowest BCUT2D eigenvalue weighted by Crippen LogP contribution is -2.39. The van der Waals surface area contributed by atoms with Crippen LogP contribution >= 0.6 is 0 Å². The Morgan fingerprint density at radius 3 is 2.37 bits per heavy atom. The van der Waals surface area contributed by atoms with E-state index in [4.69, 9.17) is 0 Å². The van der Waals surface area contributed by atoms with Gasteiger partial charge in [-0.1, -0.05) is 0 Å². The van der Waals surface area contributed by atoms with Gasteiger partial charge in [-0.2, -0.15) is 4.98 Å². The van der Waals surface area contributed by atoms with E-state index >= 15 is 0 Å². The Bertz CT molecular complexity index is 735. The van der Waals surface area contributed by atoms with E-state index in [-0.39, 0.29) is 17.3 Å². The van der Waals surface area contributed by atoms with Crippen LogP contribution in [0.5, 0.6) is 0 Å². The molecule has 0 aromatic carbocycles. The SMILES string of the molecule is CCNc1nc2c(c(=O)n(C)c(=O)n2C(C)C)n1C. The largest absolute Gasteiger partial charge is 0.356 e. The Balaban J connectivity index is 3.00. The number of nitrogens with one attached hydrogen (secondary N) is 1. The summed E-state index contributed by atoms with van der Waals surface area (Å²) in [5.74, 6) is 0.592. The lowest BCUT2D eigenvalue weighted by molar-refractivity contribution is 0.552. The van der Waals surface area contributed by atoms with E-state index in [2.05, 4.69) is 10.3 Å². The highest BCUT2D eigenvalue weighted by Gasteiger charge is 2.19. The Hall–Kier alpha value is -2.05. The Morgan fingerprint density at radius 2 is 1.84 bits per heavy atom. The molecule has 0 atom stereocenters. The van der Waals surface area contributed by atoms with Gasteiger partial charge in [-0.3, -0.25) is 13.9 Å². The molecule has 0 fully saturated rings. The summed E-state index contributed by atoms with van der Waals surface area (Å²) < 4.78 is 4.36. The Kier molecular flexibility index (Phi) is 3.21. The highest BCUT2D eigenvalue weighted by atomic mass is 16.2. The zero-order valence-electron chi connectivity index (χ0n) is 11.9. The maximum absolute atomic E-state index is 12.2. The van der Waals surface area contributed by atoms with Gasteiger partial charge in [0.1, 0.15) is 0 Å². The zero-order chi connectivity index (χ0) is 14.3. The summed E-state index contributed by atoms with van der Waals surface area (Å²) in [7, 11) is 3.26. The second-order valence-corrected chi connectivity index (χ2v) is 4.81. The number of anilines is 1. The van der Waals surface area contributed by atoms with Crippen molar-refractivity contribution >= 4 is 17.1 Å². The van der Waals surface area contributed by atoms with Crippen LogP contribution in [-0.4, -0.2) is 25.2 Å². The molecule has 7 nitrogen and oxygen atoms in total. The van der Waals surface area contributed by atoms with E-state index in [1.165, 1.54) is 11.6 Å². The van der Waals surface area contributed by atoms with Crippen LogP contribution in [0.4, 0.5) is 5.95 Å². The Labute approximate surface area is 110 Å². The van der Waals surface area contributed by atoms with E-state index in [1.807, 2.05) is 20.8 Å². The molecular weight excluding hydrogens is 246 g/mol. The molecule has 0 radical (unpaired) electrons. The summed E-state index contributed by atoms with van der Waals surface area (Å²) in [6.07, 6.45) is 0. The van der Waals surface area contributed by atoms with Crippen molar-refractivity contribution in [1.82, 2.24) is 18.7 Å². The van der Waals surface area contributed by atoms with E-state index < -0.39 is 0 Å². The molecule has 0 saturated carbocycles. The first-order chi connectivity index (χ1) is 8.90. The molecule has 7 heteroatoms. The average molecular weight is 265 g/mol. The summed E-state index contributed by atoms with van der Waals surface area (Å²) in [6.45, 7) is 6.44. The van der Waals surface area contributed by atoms with Gasteiger partial charge in [0.15, 0.2) is 11.2 Å². The maximum atomic E-state index is 12.2. The average Bonchev–Trinajstić information content (AvgIpc) is 2.64. The van der Waals surface area contributed by atoms with Crippen molar-refractivity contribution in [1.29, 1.82) is 0 Å². The summed E-state index contributed by atoms with van der Waals surface area (Å²) in [6, 6.07) is -0.0637. The van der Waals surface area contributed by atoms with Crippen LogP contribution in [0.25, 0.3) is 11.2 Å². The fourth-order valence-corrected chi connectivity index (χ4v) is 2.17. The molecule has 2 heterocycles. The van der Waals surface area contributed by atoms with Crippen molar-refractivity contribution in [2.24, 2.45) is 14.1 Å². The van der Waals surface area contributed by atoms with Gasteiger partial charge < -0.3 is 9.88 Å². The summed E-state index contributed by atoms with van der Waals surface area (Å²) >= 11 is 0. The number of imidazole rings is 1. The van der Waals surface area contributed by atoms with E-state index in [9.17, 15) is 9.59 Å². The number of aromatic nitrogens is 4. The second kappa shape index (κ2) is 4.56. The molecule has 2 aromatic heterocycles.